The molecule has 2 aromatic carbocycles. The first-order valence-corrected chi connectivity index (χ1v) is 14.4. The van der Waals surface area contributed by atoms with E-state index in [0.29, 0.717) is 5.92 Å². The third kappa shape index (κ3) is 7.69. The van der Waals surface area contributed by atoms with E-state index in [2.05, 4.69) is 60.5 Å². The minimum Gasteiger partial charge on any atom is -0.481 e. The number of thioether (sulfide) groups is 3. The largest absolute Gasteiger partial charge is 0.481 e. The molecule has 3 rings (SSSR count). The molecule has 31 heavy (non-hydrogen) atoms. The van der Waals surface area contributed by atoms with Gasteiger partial charge in [0.1, 0.15) is 0 Å². The van der Waals surface area contributed by atoms with Crippen molar-refractivity contribution in [2.75, 3.05) is 29.2 Å². The van der Waals surface area contributed by atoms with Crippen LogP contribution in [-0.2, 0) is 10.5 Å². The summed E-state index contributed by atoms with van der Waals surface area (Å²) in [6.07, 6.45) is 5.88. The Kier molecular flexibility index (Phi) is 11.8. The molecule has 0 aliphatic carbocycles. The lowest BCUT2D eigenvalue weighted by atomic mass is 10.0. The fraction of sp³-hybridized carbons (Fsp3) is 0.480. The number of carboxylic acid groups (broad SMARTS) is 1. The summed E-state index contributed by atoms with van der Waals surface area (Å²) in [6, 6.07) is 15.3. The number of nitrogens with zero attached hydrogens (tertiary/aromatic N) is 1. The van der Waals surface area contributed by atoms with E-state index in [-0.39, 0.29) is 5.75 Å². The predicted octanol–water partition coefficient (Wildman–Crippen LogP) is 7.80. The fourth-order valence-electron chi connectivity index (χ4n) is 3.61. The lowest BCUT2D eigenvalue weighted by Crippen LogP contribution is -2.25. The maximum absolute atomic E-state index is 10.9. The molecule has 2 aromatic rings. The van der Waals surface area contributed by atoms with Crippen LogP contribution in [0.2, 0.25) is 0 Å². The van der Waals surface area contributed by atoms with Crippen LogP contribution in [0.5, 0.6) is 0 Å². The van der Waals surface area contributed by atoms with Gasteiger partial charge in [-0.3, -0.25) is 4.79 Å². The van der Waals surface area contributed by atoms with Crippen molar-refractivity contribution in [3.05, 3.63) is 48.0 Å². The number of unbranched alkanes of at least 4 members (excludes halogenated alkanes) is 1. The zero-order valence-electron chi connectivity index (χ0n) is 19.1. The summed E-state index contributed by atoms with van der Waals surface area (Å²) >= 11 is 5.19. The van der Waals surface area contributed by atoms with Crippen LogP contribution in [-0.4, -0.2) is 35.4 Å². The molecule has 1 unspecified atom stereocenters. The summed E-state index contributed by atoms with van der Waals surface area (Å²) in [5.74, 6) is 1.93. The molecular weight excluding hydrogens is 442 g/mol. The van der Waals surface area contributed by atoms with Gasteiger partial charge in [-0.25, -0.2) is 0 Å². The molecule has 1 N–H and O–H groups in total. The summed E-state index contributed by atoms with van der Waals surface area (Å²) in [6.45, 7) is 7.31. The van der Waals surface area contributed by atoms with Crippen molar-refractivity contribution in [1.29, 1.82) is 0 Å². The van der Waals surface area contributed by atoms with Crippen molar-refractivity contribution in [3.63, 3.8) is 0 Å². The van der Waals surface area contributed by atoms with Crippen LogP contribution in [0.4, 0.5) is 11.4 Å². The number of carbonyl (C=O) groups is 1. The summed E-state index contributed by atoms with van der Waals surface area (Å²) in [7, 11) is 0. The van der Waals surface area contributed by atoms with Crippen LogP contribution in [0, 0.1) is 5.92 Å². The third-order valence-electron chi connectivity index (χ3n) is 5.08. The Morgan fingerprint density at radius 2 is 1.97 bits per heavy atom. The summed E-state index contributed by atoms with van der Waals surface area (Å²) in [5.41, 5.74) is 3.78. The number of benzene rings is 2. The van der Waals surface area contributed by atoms with Gasteiger partial charge in [-0.1, -0.05) is 51.8 Å². The number of rotatable bonds is 9. The molecule has 6 heteroatoms. The Labute approximate surface area is 200 Å². The van der Waals surface area contributed by atoms with Crippen LogP contribution in [0.25, 0.3) is 0 Å². The monoisotopic (exact) mass is 477 g/mol. The maximum atomic E-state index is 10.9. The van der Waals surface area contributed by atoms with E-state index in [4.69, 9.17) is 5.11 Å². The molecule has 0 fully saturated rings. The van der Waals surface area contributed by atoms with E-state index < -0.39 is 5.97 Å². The van der Waals surface area contributed by atoms with E-state index in [1.807, 2.05) is 25.6 Å². The molecule has 170 valence electrons. The highest BCUT2D eigenvalue weighted by atomic mass is 32.2. The van der Waals surface area contributed by atoms with Crippen molar-refractivity contribution < 1.29 is 9.90 Å². The summed E-state index contributed by atoms with van der Waals surface area (Å²) in [5, 5.41) is 8.97. The van der Waals surface area contributed by atoms with Gasteiger partial charge in [0.05, 0.1) is 11.4 Å². The van der Waals surface area contributed by atoms with Crippen LogP contribution < -0.4 is 4.90 Å². The number of fused-ring (bicyclic) bond motifs is 1. The molecule has 0 saturated carbocycles. The molecule has 0 radical (unpaired) electrons. The Bertz CT molecular complexity index is 814. The topological polar surface area (TPSA) is 40.5 Å². The number of hydrogen-bond acceptors (Lipinski definition) is 5. The van der Waals surface area contributed by atoms with Gasteiger partial charge in [0.2, 0.25) is 0 Å². The Balaban J connectivity index is 0.00000166. The number of para-hydroxylation sites is 1. The van der Waals surface area contributed by atoms with Crippen molar-refractivity contribution in [2.45, 2.75) is 55.6 Å². The van der Waals surface area contributed by atoms with E-state index in [0.717, 1.165) is 18.1 Å². The van der Waals surface area contributed by atoms with Gasteiger partial charge in [-0.05, 0) is 48.4 Å². The first-order chi connectivity index (χ1) is 15.1. The van der Waals surface area contributed by atoms with Gasteiger partial charge in [-0.15, -0.1) is 35.3 Å². The molecule has 1 atom stereocenters. The van der Waals surface area contributed by atoms with Gasteiger partial charge in [0, 0.05) is 33.5 Å². The Morgan fingerprint density at radius 3 is 2.61 bits per heavy atom. The molecular formula is C25H35NO2S3. The van der Waals surface area contributed by atoms with Gasteiger partial charge in [0.25, 0.3) is 0 Å². The first-order valence-electron chi connectivity index (χ1n) is 11.1. The zero-order chi connectivity index (χ0) is 22.6. The van der Waals surface area contributed by atoms with Gasteiger partial charge in [0.15, 0.2) is 0 Å². The lowest BCUT2D eigenvalue weighted by Gasteiger charge is -2.28. The molecule has 0 bridgehead atoms. The standard InChI is InChI=1S/C23H29NO2S3.C2H6/c1-3-4-8-17-13-24(19-9-6-5-7-10-19)20-12-21(27-2)18(11-22(20)29-14-17)15-28-16-23(25)26;1-2/h5-7,9-12,17H,3-4,8,13-16H2,1-2H3,(H,25,26);1-2H3. The van der Waals surface area contributed by atoms with Gasteiger partial charge in [-0.2, -0.15) is 0 Å². The quantitative estimate of drug-likeness (QED) is 0.371. The normalized spacial score (nSPS) is 15.5. The first kappa shape index (κ1) is 26.0. The lowest BCUT2D eigenvalue weighted by molar-refractivity contribution is -0.133. The van der Waals surface area contributed by atoms with E-state index in [1.54, 1.807) is 11.8 Å². The van der Waals surface area contributed by atoms with Crippen LogP contribution >= 0.6 is 35.3 Å². The van der Waals surface area contributed by atoms with Gasteiger partial charge < -0.3 is 10.0 Å². The van der Waals surface area contributed by atoms with E-state index in [9.17, 15) is 4.79 Å². The average Bonchev–Trinajstić information content (AvgIpc) is 2.98. The van der Waals surface area contributed by atoms with Crippen LogP contribution in [0.3, 0.4) is 0 Å². The summed E-state index contributed by atoms with van der Waals surface area (Å²) < 4.78 is 0. The Hall–Kier alpha value is -1.24. The van der Waals surface area contributed by atoms with Crippen molar-refractivity contribution in [3.8, 4) is 0 Å². The molecule has 0 saturated heterocycles. The molecule has 0 amide bonds. The van der Waals surface area contributed by atoms with E-state index >= 15 is 0 Å². The second-order valence-electron chi connectivity index (χ2n) is 7.28. The zero-order valence-corrected chi connectivity index (χ0v) is 21.5. The van der Waals surface area contributed by atoms with Gasteiger partial charge >= 0.3 is 5.97 Å². The second-order valence-corrected chi connectivity index (χ2v) is 10.2. The molecule has 0 spiro atoms. The summed E-state index contributed by atoms with van der Waals surface area (Å²) in [4.78, 5) is 16.0. The highest BCUT2D eigenvalue weighted by molar-refractivity contribution is 8.00. The maximum Gasteiger partial charge on any atom is 0.313 e. The second kappa shape index (κ2) is 14.0. The number of hydrogen-bond donors (Lipinski definition) is 1. The minimum atomic E-state index is -0.751. The third-order valence-corrected chi connectivity index (χ3v) is 8.15. The number of aliphatic carboxylic acids is 1. The molecule has 3 nitrogen and oxygen atoms in total. The Morgan fingerprint density at radius 1 is 1.23 bits per heavy atom. The smallest absolute Gasteiger partial charge is 0.313 e. The number of anilines is 2. The van der Waals surface area contributed by atoms with Crippen molar-refractivity contribution >= 4 is 52.6 Å². The molecule has 0 aromatic heterocycles. The highest BCUT2D eigenvalue weighted by Crippen LogP contribution is 2.43. The molecule has 1 heterocycles. The average molecular weight is 478 g/mol. The van der Waals surface area contributed by atoms with Crippen molar-refractivity contribution in [1.82, 2.24) is 0 Å². The van der Waals surface area contributed by atoms with Crippen molar-refractivity contribution in [2.24, 2.45) is 5.92 Å². The SMILES string of the molecule is CC.CCCCC1CSc2cc(CSCC(=O)O)c(SC)cc2N(c2ccccc2)C1. The molecule has 1 aliphatic heterocycles. The minimum absolute atomic E-state index is 0.146. The highest BCUT2D eigenvalue weighted by Gasteiger charge is 2.25. The predicted molar refractivity (Wildman–Crippen MR) is 141 cm³/mol. The molecule has 1 aliphatic rings. The van der Waals surface area contributed by atoms with Crippen LogP contribution in [0.1, 0.15) is 45.6 Å². The fourth-order valence-corrected chi connectivity index (χ4v) is 6.29. The number of carboxylic acids is 1. The van der Waals surface area contributed by atoms with Crippen LogP contribution in [0.15, 0.2) is 52.3 Å². The van der Waals surface area contributed by atoms with E-state index in [1.165, 1.54) is 57.8 Å².